The summed E-state index contributed by atoms with van der Waals surface area (Å²) in [7, 11) is 3.11. The number of nitrogens with one attached hydrogen (secondary N) is 3. The monoisotopic (exact) mass is 661 g/mol. The average molecular weight is 662 g/mol. The third kappa shape index (κ3) is 11.0. The number of carbonyl (C=O) groups excluding carboxylic acids is 4. The van der Waals surface area contributed by atoms with Gasteiger partial charge in [-0.25, -0.2) is 9.59 Å². The third-order valence-electron chi connectivity index (χ3n) is 6.76. The topological polar surface area (TPSA) is 152 Å². The second-order valence-corrected chi connectivity index (χ2v) is 11.3. The van der Waals surface area contributed by atoms with Crippen LogP contribution in [-0.2, 0) is 36.8 Å². The quantitative estimate of drug-likeness (QED) is 0.133. The Morgan fingerprint density at radius 3 is 2.47 bits per heavy atom. The molecule has 0 spiro atoms. The van der Waals surface area contributed by atoms with Crippen molar-refractivity contribution in [2.75, 3.05) is 32.6 Å². The molecule has 15 heteroatoms. The molecule has 0 bridgehead atoms. The van der Waals surface area contributed by atoms with Gasteiger partial charge in [-0.3, -0.25) is 14.4 Å². The first-order chi connectivity index (χ1) is 22.1. The summed E-state index contributed by atoms with van der Waals surface area (Å²) in [5.41, 5.74) is 2.37. The molecule has 1 unspecified atom stereocenters. The molecule has 1 atom stereocenters. The minimum atomic E-state index is -5.20. The maximum atomic E-state index is 13.3. The number of para-hydroxylation sites is 1. The van der Waals surface area contributed by atoms with Crippen molar-refractivity contribution in [2.45, 2.75) is 51.9 Å². The van der Waals surface area contributed by atoms with Crippen molar-refractivity contribution in [3.8, 4) is 0 Å². The number of aromatic nitrogens is 2. The van der Waals surface area contributed by atoms with E-state index < -0.39 is 49.0 Å². The molecule has 0 aliphatic carbocycles. The van der Waals surface area contributed by atoms with Crippen molar-refractivity contribution >= 4 is 40.5 Å². The zero-order valence-corrected chi connectivity index (χ0v) is 26.5. The van der Waals surface area contributed by atoms with Gasteiger partial charge < -0.3 is 34.6 Å². The zero-order valence-electron chi connectivity index (χ0n) is 26.5. The number of ether oxygens (including phenoxy) is 2. The highest BCUT2D eigenvalue weighted by Gasteiger charge is 2.40. The van der Waals surface area contributed by atoms with E-state index in [4.69, 9.17) is 4.74 Å². The number of aromatic amines is 1. The van der Waals surface area contributed by atoms with Crippen LogP contribution >= 0.6 is 0 Å². The molecule has 2 aromatic heterocycles. The van der Waals surface area contributed by atoms with E-state index in [1.54, 1.807) is 26.4 Å². The van der Waals surface area contributed by atoms with Crippen LogP contribution in [0, 0.1) is 5.92 Å². The number of hydrogen-bond donors (Lipinski definition) is 3. The van der Waals surface area contributed by atoms with Gasteiger partial charge in [-0.15, -0.1) is 0 Å². The third-order valence-corrected chi connectivity index (χ3v) is 6.76. The van der Waals surface area contributed by atoms with Crippen LogP contribution in [0.5, 0.6) is 0 Å². The predicted molar refractivity (Wildman–Crippen MR) is 168 cm³/mol. The SMILES string of the molecule is CC(C)Cc1cccc2cc(Cn3cccc(NC(=O)C(CC/C=C/C(=O)N(C)C)NC(=O)OCCOC(=O)C(F)(F)F)c3=O)[nH]c12. The first-order valence-electron chi connectivity index (χ1n) is 14.8. The summed E-state index contributed by atoms with van der Waals surface area (Å²) in [4.78, 5) is 66.3. The Labute approximate surface area is 268 Å². The molecular formula is C32H38F3N5O7. The number of amides is 3. The van der Waals surface area contributed by atoms with E-state index >= 15 is 0 Å². The molecule has 0 aliphatic heterocycles. The van der Waals surface area contributed by atoms with E-state index in [-0.39, 0.29) is 31.0 Å². The lowest BCUT2D eigenvalue weighted by Crippen LogP contribution is -2.45. The highest BCUT2D eigenvalue weighted by Crippen LogP contribution is 2.22. The molecule has 3 aromatic rings. The lowest BCUT2D eigenvalue weighted by molar-refractivity contribution is -0.200. The van der Waals surface area contributed by atoms with Crippen LogP contribution in [0.25, 0.3) is 10.9 Å². The van der Waals surface area contributed by atoms with E-state index in [0.29, 0.717) is 5.92 Å². The van der Waals surface area contributed by atoms with E-state index in [9.17, 15) is 37.1 Å². The van der Waals surface area contributed by atoms with Crippen molar-refractivity contribution in [1.82, 2.24) is 19.8 Å². The number of allylic oxidation sites excluding steroid dienone is 1. The number of H-pyrrole nitrogens is 1. The molecule has 0 radical (unpaired) electrons. The highest BCUT2D eigenvalue weighted by atomic mass is 19.4. The lowest BCUT2D eigenvalue weighted by Gasteiger charge is -2.18. The summed E-state index contributed by atoms with van der Waals surface area (Å²) in [6, 6.07) is 9.70. The first-order valence-corrected chi connectivity index (χ1v) is 14.8. The van der Waals surface area contributed by atoms with E-state index in [1.807, 2.05) is 18.2 Å². The van der Waals surface area contributed by atoms with Crippen LogP contribution < -0.4 is 16.2 Å². The fraction of sp³-hybridized carbons (Fsp3) is 0.406. The Bertz CT molecular complexity index is 1660. The van der Waals surface area contributed by atoms with Crippen LogP contribution in [0.1, 0.15) is 37.9 Å². The smallest absolute Gasteiger partial charge is 0.455 e. The zero-order chi connectivity index (χ0) is 34.7. The molecule has 254 valence electrons. The maximum Gasteiger partial charge on any atom is 0.490 e. The number of esters is 1. The molecular weight excluding hydrogens is 623 g/mol. The minimum Gasteiger partial charge on any atom is -0.455 e. The van der Waals surface area contributed by atoms with Gasteiger partial charge in [-0.2, -0.15) is 13.2 Å². The summed E-state index contributed by atoms with van der Waals surface area (Å²) in [6.07, 6.45) is -1.02. The van der Waals surface area contributed by atoms with Gasteiger partial charge in [-0.05, 0) is 60.4 Å². The number of alkyl halides is 3. The summed E-state index contributed by atoms with van der Waals surface area (Å²) in [5.74, 6) is -3.07. The molecule has 12 nitrogen and oxygen atoms in total. The molecule has 2 heterocycles. The number of rotatable bonds is 14. The Hall–Kier alpha value is -5.08. The van der Waals surface area contributed by atoms with Crippen LogP contribution in [0.4, 0.5) is 23.7 Å². The van der Waals surface area contributed by atoms with Gasteiger partial charge in [0.15, 0.2) is 0 Å². The molecule has 0 saturated heterocycles. The second-order valence-electron chi connectivity index (χ2n) is 11.3. The molecule has 3 amide bonds. The molecule has 0 saturated carbocycles. The normalized spacial score (nSPS) is 12.3. The van der Waals surface area contributed by atoms with Crippen molar-refractivity contribution < 1.29 is 41.8 Å². The van der Waals surface area contributed by atoms with Gasteiger partial charge >= 0.3 is 18.2 Å². The number of fused-ring (bicyclic) bond motifs is 1. The van der Waals surface area contributed by atoms with E-state index in [2.05, 4.69) is 40.3 Å². The number of anilines is 1. The predicted octanol–water partition coefficient (Wildman–Crippen LogP) is 4.14. The molecule has 47 heavy (non-hydrogen) atoms. The largest absolute Gasteiger partial charge is 0.490 e. The molecule has 3 rings (SSSR count). The Kier molecular flexibility index (Phi) is 12.8. The van der Waals surface area contributed by atoms with Crippen LogP contribution in [0.3, 0.4) is 0 Å². The van der Waals surface area contributed by atoms with Crippen molar-refractivity contribution in [3.63, 3.8) is 0 Å². The molecule has 1 aromatic carbocycles. The number of likely N-dealkylation sites (N-methyl/N-ethyl adjacent to an activating group) is 1. The van der Waals surface area contributed by atoms with E-state index in [1.165, 1.54) is 27.7 Å². The van der Waals surface area contributed by atoms with Gasteiger partial charge in [0.05, 0.1) is 6.54 Å². The Balaban J connectivity index is 1.71. The first kappa shape index (κ1) is 36.4. The summed E-state index contributed by atoms with van der Waals surface area (Å²) < 4.78 is 47.0. The number of nitrogens with zero attached hydrogens (tertiary/aromatic N) is 2. The number of benzene rings is 1. The maximum absolute atomic E-state index is 13.3. The lowest BCUT2D eigenvalue weighted by atomic mass is 10.0. The summed E-state index contributed by atoms with van der Waals surface area (Å²) >= 11 is 0. The fourth-order valence-corrected chi connectivity index (χ4v) is 4.53. The number of alkyl carbamates (subject to hydrolysis) is 1. The van der Waals surface area contributed by atoms with Gasteiger partial charge in [0.2, 0.25) is 11.8 Å². The number of carbonyl (C=O) groups is 4. The standard InChI is InChI=1S/C32H38F3N5O7/c1-20(2)17-21-9-7-10-22-18-23(36-27(21)22)19-40-14-8-12-25(29(40)43)37-28(42)24(11-5-6-13-26(41)39(3)4)38-31(45)47-16-15-46-30(44)32(33,34)35/h6-10,12-14,18,20,24,36H,5,11,15-17,19H2,1-4H3,(H,37,42)(H,38,45)/b13-6+. The van der Waals surface area contributed by atoms with Crippen LogP contribution in [0.2, 0.25) is 0 Å². The van der Waals surface area contributed by atoms with Crippen molar-refractivity contribution in [2.24, 2.45) is 5.92 Å². The van der Waals surface area contributed by atoms with Gasteiger partial charge in [0, 0.05) is 31.5 Å². The number of halogens is 3. The number of hydrogen-bond acceptors (Lipinski definition) is 7. The Morgan fingerprint density at radius 2 is 1.79 bits per heavy atom. The van der Waals surface area contributed by atoms with Crippen LogP contribution in [0.15, 0.2) is 59.5 Å². The van der Waals surface area contributed by atoms with Gasteiger partial charge in [0.25, 0.3) is 5.56 Å². The average Bonchev–Trinajstić information content (AvgIpc) is 3.41. The summed E-state index contributed by atoms with van der Waals surface area (Å²) in [5, 5.41) is 5.82. The van der Waals surface area contributed by atoms with Crippen molar-refractivity contribution in [3.05, 3.63) is 76.4 Å². The molecule has 0 fully saturated rings. The number of pyridine rings is 1. The van der Waals surface area contributed by atoms with Gasteiger partial charge in [0.1, 0.15) is 24.9 Å². The second kappa shape index (κ2) is 16.5. The fourth-order valence-electron chi connectivity index (χ4n) is 4.53. The van der Waals surface area contributed by atoms with Gasteiger partial charge in [-0.1, -0.05) is 38.1 Å². The van der Waals surface area contributed by atoms with Crippen molar-refractivity contribution in [1.29, 1.82) is 0 Å². The minimum absolute atomic E-state index is 0.0317. The Morgan fingerprint density at radius 1 is 1.06 bits per heavy atom. The summed E-state index contributed by atoms with van der Waals surface area (Å²) in [6.45, 7) is 2.88. The molecule has 3 N–H and O–H groups in total. The molecule has 0 aliphatic rings. The highest BCUT2D eigenvalue weighted by molar-refractivity contribution is 5.96. The van der Waals surface area contributed by atoms with E-state index in [0.717, 1.165) is 28.6 Å². The van der Waals surface area contributed by atoms with Crippen LogP contribution in [-0.4, -0.2) is 77.9 Å².